The maximum absolute atomic E-state index is 13.3. The first-order valence-corrected chi connectivity index (χ1v) is 8.19. The number of alkyl halides is 1. The molecule has 0 amide bonds. The molecule has 6 heteroatoms. The normalized spacial score (nSPS) is 13.8. The lowest BCUT2D eigenvalue weighted by Crippen LogP contribution is -1.98. The van der Waals surface area contributed by atoms with Crippen LogP contribution in [-0.2, 0) is 6.42 Å². The van der Waals surface area contributed by atoms with Crippen LogP contribution in [0.15, 0.2) is 36.7 Å². The zero-order valence-corrected chi connectivity index (χ0v) is 15.6. The number of pyridine rings is 1. The Morgan fingerprint density at radius 2 is 1.84 bits per heavy atom. The summed E-state index contributed by atoms with van der Waals surface area (Å²) >= 11 is 0. The van der Waals surface area contributed by atoms with Crippen LogP contribution in [0.2, 0.25) is 0 Å². The monoisotopic (exact) mass is 389 g/mol. The first-order valence-electron chi connectivity index (χ1n) is 8.19. The second-order valence-corrected chi connectivity index (χ2v) is 6.16. The molecule has 0 atom stereocenters. The highest BCUT2D eigenvalue weighted by atomic mass is 35.5. The van der Waals surface area contributed by atoms with E-state index < -0.39 is 12.7 Å². The van der Waals surface area contributed by atoms with Crippen molar-refractivity contribution in [2.24, 2.45) is 5.92 Å². The molecule has 0 radical (unpaired) electrons. The van der Waals surface area contributed by atoms with E-state index in [1.807, 2.05) is 12.3 Å². The molecule has 0 unspecified atom stereocenters. The van der Waals surface area contributed by atoms with Gasteiger partial charge in [-0.25, -0.2) is 8.78 Å². The van der Waals surface area contributed by atoms with Crippen molar-refractivity contribution < 1.29 is 13.5 Å². The molecule has 25 heavy (non-hydrogen) atoms. The zero-order valence-electron chi connectivity index (χ0n) is 13.9. The van der Waals surface area contributed by atoms with Crippen LogP contribution in [0, 0.1) is 11.7 Å². The Bertz CT molecular complexity index is 664. The Morgan fingerprint density at radius 3 is 2.56 bits per heavy atom. The second kappa shape index (κ2) is 10.6. The van der Waals surface area contributed by atoms with Crippen LogP contribution in [0.5, 0.6) is 5.75 Å². The summed E-state index contributed by atoms with van der Waals surface area (Å²) in [4.78, 5) is 4.29. The molecule has 3 rings (SSSR count). The van der Waals surface area contributed by atoms with Gasteiger partial charge in [-0.3, -0.25) is 4.98 Å². The number of ether oxygens (including phenoxy) is 1. The lowest BCUT2D eigenvalue weighted by atomic mass is 9.97. The largest absolute Gasteiger partial charge is 0.462 e. The molecule has 0 aliphatic heterocycles. The van der Waals surface area contributed by atoms with E-state index in [-0.39, 0.29) is 30.6 Å². The standard InChI is InChI=1S/C19H21F2NO.2ClH/c20-13-23-19-10-17(21)7-8-18(19)16-9-15(11-22-12-16)6-5-14-3-1-2-4-14;;/h7-12,14H,1-6,13H2;2*1H. The molecule has 1 aliphatic carbocycles. The van der Waals surface area contributed by atoms with Crippen molar-refractivity contribution in [1.82, 2.24) is 4.98 Å². The summed E-state index contributed by atoms with van der Waals surface area (Å²) in [5, 5.41) is 0. The Balaban J connectivity index is 0.00000156. The van der Waals surface area contributed by atoms with Crippen molar-refractivity contribution in [3.63, 3.8) is 0 Å². The molecule has 1 aromatic heterocycles. The molecule has 0 saturated heterocycles. The second-order valence-electron chi connectivity index (χ2n) is 6.16. The first kappa shape index (κ1) is 21.7. The number of benzene rings is 1. The lowest BCUT2D eigenvalue weighted by molar-refractivity contribution is 0.192. The van der Waals surface area contributed by atoms with E-state index in [9.17, 15) is 8.78 Å². The summed E-state index contributed by atoms with van der Waals surface area (Å²) in [6.45, 7) is -0.981. The van der Waals surface area contributed by atoms with Crippen LogP contribution >= 0.6 is 24.8 Å². The Labute approximate surface area is 159 Å². The molecule has 1 fully saturated rings. The van der Waals surface area contributed by atoms with Gasteiger partial charge in [0.1, 0.15) is 11.6 Å². The molecule has 1 aliphatic rings. The van der Waals surface area contributed by atoms with E-state index >= 15 is 0 Å². The third-order valence-electron chi connectivity index (χ3n) is 4.58. The maximum Gasteiger partial charge on any atom is 0.228 e. The van der Waals surface area contributed by atoms with Gasteiger partial charge in [-0.1, -0.05) is 25.7 Å². The average Bonchev–Trinajstić information content (AvgIpc) is 3.07. The van der Waals surface area contributed by atoms with Gasteiger partial charge >= 0.3 is 0 Å². The third kappa shape index (κ3) is 5.82. The molecular weight excluding hydrogens is 367 g/mol. The Kier molecular flexibility index (Phi) is 9.15. The van der Waals surface area contributed by atoms with Gasteiger partial charge in [-0.2, -0.15) is 0 Å². The fraction of sp³-hybridized carbons (Fsp3) is 0.421. The van der Waals surface area contributed by atoms with Crippen molar-refractivity contribution in [2.75, 3.05) is 6.86 Å². The summed E-state index contributed by atoms with van der Waals surface area (Å²) in [7, 11) is 0. The van der Waals surface area contributed by atoms with Crippen LogP contribution in [0.25, 0.3) is 11.1 Å². The van der Waals surface area contributed by atoms with Gasteiger partial charge in [0, 0.05) is 29.6 Å². The molecule has 0 N–H and O–H groups in total. The molecule has 138 valence electrons. The smallest absolute Gasteiger partial charge is 0.228 e. The van der Waals surface area contributed by atoms with E-state index in [1.54, 1.807) is 12.3 Å². The number of hydrogen-bond acceptors (Lipinski definition) is 2. The number of aromatic nitrogens is 1. The number of aryl methyl sites for hydroxylation is 1. The molecule has 1 saturated carbocycles. The lowest BCUT2D eigenvalue weighted by Gasteiger charge is -2.12. The molecule has 1 heterocycles. The van der Waals surface area contributed by atoms with Gasteiger partial charge in [0.25, 0.3) is 0 Å². The quantitative estimate of drug-likeness (QED) is 0.589. The average molecular weight is 390 g/mol. The minimum absolute atomic E-state index is 0. The first-order chi connectivity index (χ1) is 11.3. The van der Waals surface area contributed by atoms with E-state index in [4.69, 9.17) is 4.74 Å². The van der Waals surface area contributed by atoms with E-state index in [2.05, 4.69) is 4.98 Å². The fourth-order valence-corrected chi connectivity index (χ4v) is 3.35. The van der Waals surface area contributed by atoms with Crippen LogP contribution in [0.3, 0.4) is 0 Å². The van der Waals surface area contributed by atoms with Crippen molar-refractivity contribution >= 4 is 24.8 Å². The van der Waals surface area contributed by atoms with Gasteiger partial charge in [0.2, 0.25) is 6.86 Å². The van der Waals surface area contributed by atoms with Crippen molar-refractivity contribution in [2.45, 2.75) is 38.5 Å². The van der Waals surface area contributed by atoms with Gasteiger partial charge in [-0.05, 0) is 42.5 Å². The summed E-state index contributed by atoms with van der Waals surface area (Å²) in [6, 6.07) is 6.21. The van der Waals surface area contributed by atoms with Gasteiger partial charge < -0.3 is 4.74 Å². The highest BCUT2D eigenvalue weighted by molar-refractivity contribution is 5.85. The van der Waals surface area contributed by atoms with Crippen molar-refractivity contribution in [3.05, 3.63) is 48.0 Å². The highest BCUT2D eigenvalue weighted by Crippen LogP contribution is 2.32. The SMILES string of the molecule is Cl.Cl.FCOc1cc(F)ccc1-c1cncc(CCC2CCCC2)c1. The molecule has 2 nitrogen and oxygen atoms in total. The molecule has 0 bridgehead atoms. The summed E-state index contributed by atoms with van der Waals surface area (Å²) in [5.74, 6) is 0.597. The van der Waals surface area contributed by atoms with Crippen LogP contribution < -0.4 is 4.74 Å². The summed E-state index contributed by atoms with van der Waals surface area (Å²) in [6.07, 6.45) is 11.1. The predicted molar refractivity (Wildman–Crippen MR) is 101 cm³/mol. The number of nitrogens with zero attached hydrogens (tertiary/aromatic N) is 1. The van der Waals surface area contributed by atoms with E-state index in [0.717, 1.165) is 23.5 Å². The Morgan fingerprint density at radius 1 is 1.08 bits per heavy atom. The molecule has 0 spiro atoms. The minimum Gasteiger partial charge on any atom is -0.462 e. The van der Waals surface area contributed by atoms with Gasteiger partial charge in [0.15, 0.2) is 0 Å². The molecule has 2 aromatic rings. The van der Waals surface area contributed by atoms with Crippen LogP contribution in [0.1, 0.15) is 37.7 Å². The number of rotatable bonds is 6. The third-order valence-corrected chi connectivity index (χ3v) is 4.58. The number of hydrogen-bond donors (Lipinski definition) is 0. The van der Waals surface area contributed by atoms with Gasteiger partial charge in [-0.15, -0.1) is 24.8 Å². The predicted octanol–water partition coefficient (Wildman–Crippen LogP) is 6.16. The zero-order chi connectivity index (χ0) is 16.1. The van der Waals surface area contributed by atoms with E-state index in [0.29, 0.717) is 5.56 Å². The van der Waals surface area contributed by atoms with Crippen molar-refractivity contribution in [1.29, 1.82) is 0 Å². The fourth-order valence-electron chi connectivity index (χ4n) is 3.35. The summed E-state index contributed by atoms with van der Waals surface area (Å²) in [5.41, 5.74) is 2.65. The number of halogens is 4. The minimum atomic E-state index is -0.981. The van der Waals surface area contributed by atoms with Crippen molar-refractivity contribution in [3.8, 4) is 16.9 Å². The van der Waals surface area contributed by atoms with E-state index in [1.165, 1.54) is 44.2 Å². The highest BCUT2D eigenvalue weighted by Gasteiger charge is 2.15. The maximum atomic E-state index is 13.3. The topological polar surface area (TPSA) is 22.1 Å². The van der Waals surface area contributed by atoms with Crippen LogP contribution in [-0.4, -0.2) is 11.8 Å². The summed E-state index contributed by atoms with van der Waals surface area (Å²) < 4.78 is 30.8. The molecule has 1 aromatic carbocycles. The van der Waals surface area contributed by atoms with Gasteiger partial charge in [0.05, 0.1) is 0 Å². The van der Waals surface area contributed by atoms with Crippen LogP contribution in [0.4, 0.5) is 8.78 Å². The molecular formula is C19H23Cl2F2NO. The Hall–Kier alpha value is -1.39.